The monoisotopic (exact) mass is 255 g/mol. The minimum absolute atomic E-state index is 0.464. The lowest BCUT2D eigenvalue weighted by Crippen LogP contribution is -2.09. The average Bonchev–Trinajstić information content (AvgIpc) is 2.46. The Labute approximate surface area is 115 Å². The van der Waals surface area contributed by atoms with Crippen LogP contribution < -0.4 is 9.64 Å². The highest BCUT2D eigenvalue weighted by atomic mass is 16.5. The number of hydrogen-bond acceptors (Lipinski definition) is 2. The summed E-state index contributed by atoms with van der Waals surface area (Å²) in [5.74, 6) is 1.42. The first-order valence-corrected chi connectivity index (χ1v) is 6.60. The van der Waals surface area contributed by atoms with Gasteiger partial charge in [-0.15, -0.1) is 0 Å². The van der Waals surface area contributed by atoms with Crippen LogP contribution in [-0.4, -0.2) is 14.2 Å². The maximum atomic E-state index is 5.51. The van der Waals surface area contributed by atoms with Gasteiger partial charge in [-0.3, -0.25) is 0 Å². The second-order valence-corrected chi connectivity index (χ2v) is 4.98. The molecule has 2 nitrogen and oxygen atoms in total. The molecule has 0 unspecified atom stereocenters. The number of rotatable bonds is 4. The summed E-state index contributed by atoms with van der Waals surface area (Å²) in [6.07, 6.45) is 0. The summed E-state index contributed by atoms with van der Waals surface area (Å²) in [4.78, 5) is 2.16. The van der Waals surface area contributed by atoms with E-state index in [-0.39, 0.29) is 0 Å². The summed E-state index contributed by atoms with van der Waals surface area (Å²) in [7, 11) is 3.80. The highest BCUT2D eigenvalue weighted by Gasteiger charge is 2.10. The Bertz CT molecular complexity index is 534. The number of nitrogens with zero attached hydrogens (tertiary/aromatic N) is 1. The van der Waals surface area contributed by atoms with Gasteiger partial charge in [-0.2, -0.15) is 0 Å². The largest absolute Gasteiger partial charge is 0.496 e. The van der Waals surface area contributed by atoms with Gasteiger partial charge in [0.05, 0.1) is 7.11 Å². The number of methoxy groups -OCH3 is 1. The van der Waals surface area contributed by atoms with E-state index in [1.165, 1.54) is 11.3 Å². The molecule has 100 valence electrons. The van der Waals surface area contributed by atoms with Gasteiger partial charge in [0.1, 0.15) is 5.75 Å². The molecule has 0 aliphatic heterocycles. The highest BCUT2D eigenvalue weighted by molar-refractivity contribution is 5.64. The van der Waals surface area contributed by atoms with Crippen molar-refractivity contribution < 1.29 is 4.74 Å². The van der Waals surface area contributed by atoms with E-state index in [0.29, 0.717) is 5.92 Å². The Balaban J connectivity index is 2.36. The van der Waals surface area contributed by atoms with Gasteiger partial charge in [0.25, 0.3) is 0 Å². The quantitative estimate of drug-likeness (QED) is 0.792. The number of benzene rings is 2. The molecule has 19 heavy (non-hydrogen) atoms. The van der Waals surface area contributed by atoms with E-state index in [2.05, 4.69) is 56.1 Å². The molecule has 0 bridgehead atoms. The summed E-state index contributed by atoms with van der Waals surface area (Å²) < 4.78 is 5.51. The van der Waals surface area contributed by atoms with Crippen molar-refractivity contribution in [3.05, 3.63) is 54.1 Å². The van der Waals surface area contributed by atoms with Crippen molar-refractivity contribution in [3.8, 4) is 5.75 Å². The van der Waals surface area contributed by atoms with Gasteiger partial charge in [-0.25, -0.2) is 0 Å². The van der Waals surface area contributed by atoms with Gasteiger partial charge >= 0.3 is 0 Å². The van der Waals surface area contributed by atoms with Gasteiger partial charge in [0, 0.05) is 24.5 Å². The van der Waals surface area contributed by atoms with Crippen molar-refractivity contribution in [3.63, 3.8) is 0 Å². The average molecular weight is 255 g/mol. The molecule has 0 N–H and O–H groups in total. The Morgan fingerprint density at radius 3 is 2.21 bits per heavy atom. The fourth-order valence-electron chi connectivity index (χ4n) is 2.19. The van der Waals surface area contributed by atoms with Gasteiger partial charge in [0.2, 0.25) is 0 Å². The lowest BCUT2D eigenvalue weighted by Gasteiger charge is -2.21. The van der Waals surface area contributed by atoms with Crippen LogP contribution >= 0.6 is 0 Å². The fourth-order valence-corrected chi connectivity index (χ4v) is 2.19. The smallest absolute Gasteiger partial charge is 0.124 e. The van der Waals surface area contributed by atoms with Gasteiger partial charge in [-0.1, -0.05) is 38.1 Å². The van der Waals surface area contributed by atoms with Crippen molar-refractivity contribution in [2.24, 2.45) is 0 Å². The summed E-state index contributed by atoms with van der Waals surface area (Å²) in [6.45, 7) is 4.36. The second-order valence-electron chi connectivity index (χ2n) is 4.98. The number of ether oxygens (including phenoxy) is 1. The van der Waals surface area contributed by atoms with Crippen LogP contribution in [0.4, 0.5) is 11.4 Å². The zero-order valence-corrected chi connectivity index (χ0v) is 12.1. The molecule has 0 radical (unpaired) electrons. The standard InChI is InChI=1S/C17H21NO/c1-13(2)16-11-10-15(12-17(16)19-4)18(3)14-8-6-5-7-9-14/h5-13H,1-4H3. The first kappa shape index (κ1) is 13.5. The minimum atomic E-state index is 0.464. The van der Waals surface area contributed by atoms with Gasteiger partial charge < -0.3 is 9.64 Å². The molecule has 0 atom stereocenters. The molecule has 0 amide bonds. The van der Waals surface area contributed by atoms with Gasteiger partial charge in [0.15, 0.2) is 0 Å². The van der Waals surface area contributed by atoms with Crippen LogP contribution in [0, 0.1) is 0 Å². The topological polar surface area (TPSA) is 12.5 Å². The molecule has 0 saturated heterocycles. The maximum absolute atomic E-state index is 5.51. The summed E-state index contributed by atoms with van der Waals surface area (Å²) >= 11 is 0. The molecule has 0 aliphatic rings. The van der Waals surface area contributed by atoms with Crippen molar-refractivity contribution in [1.29, 1.82) is 0 Å². The molecule has 2 rings (SSSR count). The molecular weight excluding hydrogens is 234 g/mol. The number of para-hydroxylation sites is 1. The van der Waals surface area contributed by atoms with Crippen LogP contribution in [0.3, 0.4) is 0 Å². The second kappa shape index (κ2) is 5.79. The molecule has 0 aromatic heterocycles. The summed E-state index contributed by atoms with van der Waals surface area (Å²) in [6, 6.07) is 16.7. The molecule has 2 aromatic carbocycles. The SMILES string of the molecule is COc1cc(N(C)c2ccccc2)ccc1C(C)C. The maximum Gasteiger partial charge on any atom is 0.124 e. The van der Waals surface area contributed by atoms with Crippen molar-refractivity contribution >= 4 is 11.4 Å². The zero-order chi connectivity index (χ0) is 13.8. The Morgan fingerprint density at radius 2 is 1.63 bits per heavy atom. The van der Waals surface area contributed by atoms with Crippen molar-refractivity contribution in [2.75, 3.05) is 19.1 Å². The van der Waals surface area contributed by atoms with E-state index in [4.69, 9.17) is 4.74 Å². The Hall–Kier alpha value is -1.96. The lowest BCUT2D eigenvalue weighted by atomic mass is 10.0. The predicted molar refractivity (Wildman–Crippen MR) is 81.6 cm³/mol. The fraction of sp³-hybridized carbons (Fsp3) is 0.294. The lowest BCUT2D eigenvalue weighted by molar-refractivity contribution is 0.407. The Morgan fingerprint density at radius 1 is 0.947 bits per heavy atom. The van der Waals surface area contributed by atoms with Crippen molar-refractivity contribution in [1.82, 2.24) is 0 Å². The number of hydrogen-bond donors (Lipinski definition) is 0. The minimum Gasteiger partial charge on any atom is -0.496 e. The van der Waals surface area contributed by atoms with E-state index in [9.17, 15) is 0 Å². The molecule has 2 heteroatoms. The van der Waals surface area contributed by atoms with Crippen LogP contribution in [0.1, 0.15) is 25.3 Å². The van der Waals surface area contributed by atoms with E-state index in [1.807, 2.05) is 18.2 Å². The van der Waals surface area contributed by atoms with Gasteiger partial charge in [-0.05, 0) is 29.7 Å². The molecule has 2 aromatic rings. The number of anilines is 2. The molecule has 0 saturated carbocycles. The van der Waals surface area contributed by atoms with E-state index in [1.54, 1.807) is 7.11 Å². The third kappa shape index (κ3) is 2.90. The third-order valence-corrected chi connectivity index (χ3v) is 3.37. The Kier molecular flexibility index (Phi) is 4.10. The molecule has 0 aliphatic carbocycles. The summed E-state index contributed by atoms with van der Waals surface area (Å²) in [5, 5.41) is 0. The van der Waals surface area contributed by atoms with E-state index >= 15 is 0 Å². The predicted octanol–water partition coefficient (Wildman–Crippen LogP) is 4.59. The zero-order valence-electron chi connectivity index (χ0n) is 12.1. The van der Waals surface area contributed by atoms with Crippen LogP contribution in [0.25, 0.3) is 0 Å². The van der Waals surface area contributed by atoms with Crippen LogP contribution in [0.2, 0.25) is 0 Å². The van der Waals surface area contributed by atoms with Crippen molar-refractivity contribution in [2.45, 2.75) is 19.8 Å². The van der Waals surface area contributed by atoms with Crippen LogP contribution in [0.15, 0.2) is 48.5 Å². The first-order chi connectivity index (χ1) is 9.13. The molecular formula is C17H21NO. The normalized spacial score (nSPS) is 10.6. The molecule has 0 spiro atoms. The van der Waals surface area contributed by atoms with Crippen LogP contribution in [-0.2, 0) is 0 Å². The molecule has 0 heterocycles. The van der Waals surface area contributed by atoms with E-state index in [0.717, 1.165) is 11.4 Å². The molecule has 0 fully saturated rings. The highest BCUT2D eigenvalue weighted by Crippen LogP contribution is 2.32. The summed E-state index contributed by atoms with van der Waals surface area (Å²) in [5.41, 5.74) is 3.54. The van der Waals surface area contributed by atoms with Crippen LogP contribution in [0.5, 0.6) is 5.75 Å². The van der Waals surface area contributed by atoms with E-state index < -0.39 is 0 Å². The third-order valence-electron chi connectivity index (χ3n) is 3.37. The first-order valence-electron chi connectivity index (χ1n) is 6.60.